The van der Waals surface area contributed by atoms with Crippen molar-refractivity contribution in [1.82, 2.24) is 5.32 Å². The normalized spacial score (nSPS) is 41.8. The van der Waals surface area contributed by atoms with E-state index in [4.69, 9.17) is 4.74 Å². The minimum Gasteiger partial charge on any atom is -0.377 e. The maximum Gasteiger partial charge on any atom is 0.0690 e. The molecule has 3 rings (SSSR count). The van der Waals surface area contributed by atoms with Crippen molar-refractivity contribution in [1.29, 1.82) is 0 Å². The first-order valence-corrected chi connectivity index (χ1v) is 6.73. The zero-order chi connectivity index (χ0) is 10.3. The summed E-state index contributed by atoms with van der Waals surface area (Å²) >= 11 is 0. The first-order valence-electron chi connectivity index (χ1n) is 6.73. The quantitative estimate of drug-likeness (QED) is 0.770. The largest absolute Gasteiger partial charge is 0.377 e. The fourth-order valence-corrected chi connectivity index (χ4v) is 4.31. The van der Waals surface area contributed by atoms with Gasteiger partial charge in [-0.1, -0.05) is 19.8 Å². The lowest BCUT2D eigenvalue weighted by molar-refractivity contribution is -0.130. The third-order valence-electron chi connectivity index (χ3n) is 4.90. The second kappa shape index (κ2) is 3.74. The van der Waals surface area contributed by atoms with E-state index in [0.717, 1.165) is 18.6 Å². The number of hydrogen-bond donors (Lipinski definition) is 1. The molecule has 1 saturated heterocycles. The Labute approximate surface area is 92.8 Å². The molecule has 2 aliphatic carbocycles. The lowest BCUT2D eigenvalue weighted by atomic mass is 9.54. The van der Waals surface area contributed by atoms with Crippen molar-refractivity contribution in [3.05, 3.63) is 0 Å². The van der Waals surface area contributed by atoms with E-state index in [1.54, 1.807) is 0 Å². The van der Waals surface area contributed by atoms with Crippen LogP contribution in [-0.2, 0) is 4.74 Å². The summed E-state index contributed by atoms with van der Waals surface area (Å²) < 4.78 is 5.96. The third-order valence-corrected chi connectivity index (χ3v) is 4.90. The monoisotopic (exact) mass is 209 g/mol. The second-order valence-electron chi connectivity index (χ2n) is 5.62. The van der Waals surface area contributed by atoms with Crippen LogP contribution in [0.2, 0.25) is 0 Å². The highest BCUT2D eigenvalue weighted by molar-refractivity contribution is 5.16. The first-order chi connectivity index (χ1) is 7.38. The number of rotatable bonds is 3. The molecule has 1 aliphatic heterocycles. The van der Waals surface area contributed by atoms with Crippen LogP contribution >= 0.6 is 0 Å². The molecule has 2 saturated carbocycles. The fraction of sp³-hybridized carbons (Fsp3) is 1.00. The number of fused-ring (bicyclic) bond motifs is 2. The van der Waals surface area contributed by atoms with Gasteiger partial charge in [0.25, 0.3) is 0 Å². The lowest BCUT2D eigenvalue weighted by Crippen LogP contribution is -2.67. The van der Waals surface area contributed by atoms with E-state index in [2.05, 4.69) is 12.2 Å². The molecule has 0 radical (unpaired) electrons. The molecule has 0 aromatic heterocycles. The van der Waals surface area contributed by atoms with E-state index in [-0.39, 0.29) is 0 Å². The van der Waals surface area contributed by atoms with Crippen LogP contribution in [0.5, 0.6) is 0 Å². The summed E-state index contributed by atoms with van der Waals surface area (Å²) in [5.41, 5.74) is 0.552. The van der Waals surface area contributed by atoms with Gasteiger partial charge in [-0.25, -0.2) is 0 Å². The molecule has 3 aliphatic rings. The highest BCUT2D eigenvalue weighted by atomic mass is 16.5. The van der Waals surface area contributed by atoms with Crippen molar-refractivity contribution < 1.29 is 4.74 Å². The molecular weight excluding hydrogens is 186 g/mol. The van der Waals surface area contributed by atoms with Gasteiger partial charge < -0.3 is 10.1 Å². The first kappa shape index (κ1) is 10.1. The van der Waals surface area contributed by atoms with Gasteiger partial charge in [-0.2, -0.15) is 0 Å². The number of nitrogens with one attached hydrogen (secondary N) is 1. The zero-order valence-electron chi connectivity index (χ0n) is 9.80. The maximum atomic E-state index is 5.96. The average Bonchev–Trinajstić information content (AvgIpc) is 2.84. The van der Waals surface area contributed by atoms with Crippen LogP contribution in [0.25, 0.3) is 0 Å². The molecule has 3 atom stereocenters. The van der Waals surface area contributed by atoms with E-state index >= 15 is 0 Å². The number of ether oxygens (including phenoxy) is 1. The summed E-state index contributed by atoms with van der Waals surface area (Å²) in [6.07, 6.45) is 8.85. The van der Waals surface area contributed by atoms with Crippen LogP contribution < -0.4 is 5.32 Å². The Bertz CT molecular complexity index is 235. The van der Waals surface area contributed by atoms with Gasteiger partial charge in [0.05, 0.1) is 6.10 Å². The van der Waals surface area contributed by atoms with Crippen molar-refractivity contribution in [3.63, 3.8) is 0 Å². The summed E-state index contributed by atoms with van der Waals surface area (Å²) in [6.45, 7) is 4.46. The highest BCUT2D eigenvalue weighted by Gasteiger charge is 2.64. The van der Waals surface area contributed by atoms with Gasteiger partial charge in [-0.05, 0) is 32.2 Å². The molecule has 1 spiro atoms. The van der Waals surface area contributed by atoms with E-state index in [1.807, 2.05) is 0 Å². The molecule has 2 heteroatoms. The Morgan fingerprint density at radius 1 is 1.33 bits per heavy atom. The molecule has 1 heterocycles. The van der Waals surface area contributed by atoms with Gasteiger partial charge in [0.15, 0.2) is 0 Å². The van der Waals surface area contributed by atoms with Gasteiger partial charge in [0, 0.05) is 24.0 Å². The summed E-state index contributed by atoms with van der Waals surface area (Å²) in [6, 6.07) is 0.785. The van der Waals surface area contributed by atoms with Crippen LogP contribution in [0.1, 0.15) is 45.4 Å². The topological polar surface area (TPSA) is 21.3 Å². The van der Waals surface area contributed by atoms with Crippen molar-refractivity contribution in [2.75, 3.05) is 13.2 Å². The van der Waals surface area contributed by atoms with E-state index in [9.17, 15) is 0 Å². The van der Waals surface area contributed by atoms with Gasteiger partial charge in [0.1, 0.15) is 0 Å². The van der Waals surface area contributed by atoms with Crippen molar-refractivity contribution in [2.45, 2.75) is 57.6 Å². The smallest absolute Gasteiger partial charge is 0.0690 e. The molecule has 15 heavy (non-hydrogen) atoms. The minimum atomic E-state index is 0.552. The second-order valence-corrected chi connectivity index (χ2v) is 5.62. The standard InChI is InChI=1S/C13H23NO/c1-2-8-14-11-10-5-9-15-12(10)13(11)6-3-4-7-13/h10-12,14H,2-9H2,1H3. The molecule has 3 fully saturated rings. The predicted molar refractivity (Wildman–Crippen MR) is 60.8 cm³/mol. The minimum absolute atomic E-state index is 0.552. The third kappa shape index (κ3) is 1.31. The van der Waals surface area contributed by atoms with E-state index in [0.29, 0.717) is 11.5 Å². The van der Waals surface area contributed by atoms with Crippen LogP contribution in [0.15, 0.2) is 0 Å². The van der Waals surface area contributed by atoms with Crippen LogP contribution in [0.4, 0.5) is 0 Å². The number of hydrogen-bond acceptors (Lipinski definition) is 2. The van der Waals surface area contributed by atoms with Crippen LogP contribution in [0, 0.1) is 11.3 Å². The molecule has 0 amide bonds. The summed E-state index contributed by atoms with van der Waals surface area (Å²) in [5.74, 6) is 0.842. The molecule has 1 N–H and O–H groups in total. The zero-order valence-corrected chi connectivity index (χ0v) is 9.80. The predicted octanol–water partition coefficient (Wildman–Crippen LogP) is 2.33. The molecule has 0 aromatic carbocycles. The SMILES string of the molecule is CCCNC1C2CCOC2C12CCCC2. The van der Waals surface area contributed by atoms with Gasteiger partial charge in [-0.3, -0.25) is 0 Å². The van der Waals surface area contributed by atoms with E-state index in [1.165, 1.54) is 45.1 Å². The lowest BCUT2D eigenvalue weighted by Gasteiger charge is -2.57. The van der Waals surface area contributed by atoms with Crippen molar-refractivity contribution in [3.8, 4) is 0 Å². The molecular formula is C13H23NO. The molecule has 0 aromatic rings. The molecule has 2 nitrogen and oxygen atoms in total. The van der Waals surface area contributed by atoms with Gasteiger partial charge >= 0.3 is 0 Å². The van der Waals surface area contributed by atoms with E-state index < -0.39 is 0 Å². The summed E-state index contributed by atoms with van der Waals surface area (Å²) in [4.78, 5) is 0. The fourth-order valence-electron chi connectivity index (χ4n) is 4.31. The maximum absolute atomic E-state index is 5.96. The summed E-state index contributed by atoms with van der Waals surface area (Å²) in [7, 11) is 0. The van der Waals surface area contributed by atoms with Crippen molar-refractivity contribution >= 4 is 0 Å². The summed E-state index contributed by atoms with van der Waals surface area (Å²) in [5, 5.41) is 3.79. The molecule has 0 bridgehead atoms. The van der Waals surface area contributed by atoms with Crippen LogP contribution in [-0.4, -0.2) is 25.3 Å². The van der Waals surface area contributed by atoms with Crippen molar-refractivity contribution in [2.24, 2.45) is 11.3 Å². The Balaban J connectivity index is 1.73. The Morgan fingerprint density at radius 2 is 2.13 bits per heavy atom. The van der Waals surface area contributed by atoms with Gasteiger partial charge in [0.2, 0.25) is 0 Å². The Hall–Kier alpha value is -0.0800. The average molecular weight is 209 g/mol. The Kier molecular flexibility index (Phi) is 2.52. The molecule has 3 unspecified atom stereocenters. The van der Waals surface area contributed by atoms with Gasteiger partial charge in [-0.15, -0.1) is 0 Å². The van der Waals surface area contributed by atoms with Crippen LogP contribution in [0.3, 0.4) is 0 Å². The molecule has 86 valence electrons. The Morgan fingerprint density at radius 3 is 2.87 bits per heavy atom. The highest BCUT2D eigenvalue weighted by Crippen LogP contribution is 2.60.